The summed E-state index contributed by atoms with van der Waals surface area (Å²) in [4.78, 5) is 47.7. The molecule has 0 N–H and O–H groups in total. The number of Topliss-reactive ketones (excluding diaryl/α,β-unsaturated/α-hetero) is 1. The van der Waals surface area contributed by atoms with Gasteiger partial charge in [0.15, 0.2) is 11.9 Å². The number of carbonyl (C=O) groups excluding carboxylic acids is 4. The molecule has 1 unspecified atom stereocenters. The monoisotopic (exact) mass is 315 g/mol. The van der Waals surface area contributed by atoms with Gasteiger partial charge in [-0.15, -0.1) is 0 Å². The van der Waals surface area contributed by atoms with E-state index in [2.05, 4.69) is 4.74 Å². The Kier molecular flexibility index (Phi) is 5.90. The fourth-order valence-corrected chi connectivity index (χ4v) is 1.76. The number of carbonyl (C=O) groups is 4. The van der Waals surface area contributed by atoms with E-state index in [0.717, 1.165) is 0 Å². The number of likely N-dealkylation sites (tertiary alicyclic amines) is 1. The molecule has 1 amide bonds. The average molecular weight is 315 g/mol. The summed E-state index contributed by atoms with van der Waals surface area (Å²) in [6, 6.07) is 0. The number of hydrogen-bond donors (Lipinski definition) is 0. The molecule has 0 aromatic carbocycles. The molecular formula is C14H21NO7. The highest BCUT2D eigenvalue weighted by Gasteiger charge is 2.35. The first kappa shape index (κ1) is 17.9. The first-order chi connectivity index (χ1) is 10.1. The van der Waals surface area contributed by atoms with Crippen molar-refractivity contribution in [1.82, 2.24) is 4.90 Å². The smallest absolute Gasteiger partial charge is 0.418 e. The van der Waals surface area contributed by atoms with Gasteiger partial charge < -0.3 is 19.1 Å². The second-order valence-electron chi connectivity index (χ2n) is 5.76. The zero-order valence-corrected chi connectivity index (χ0v) is 13.2. The third-order valence-corrected chi connectivity index (χ3v) is 2.72. The van der Waals surface area contributed by atoms with Crippen LogP contribution in [0.2, 0.25) is 0 Å². The molecule has 8 nitrogen and oxygen atoms in total. The van der Waals surface area contributed by atoms with Crippen LogP contribution in [0.15, 0.2) is 0 Å². The van der Waals surface area contributed by atoms with Gasteiger partial charge in [-0.2, -0.15) is 0 Å². The Bertz CT molecular complexity index is 466. The highest BCUT2D eigenvalue weighted by atomic mass is 16.6. The number of hydrogen-bond acceptors (Lipinski definition) is 7. The van der Waals surface area contributed by atoms with Crippen molar-refractivity contribution in [1.29, 1.82) is 0 Å². The Morgan fingerprint density at radius 1 is 1.23 bits per heavy atom. The van der Waals surface area contributed by atoms with Crippen molar-refractivity contribution in [3.05, 3.63) is 0 Å². The fourth-order valence-electron chi connectivity index (χ4n) is 1.76. The third-order valence-electron chi connectivity index (χ3n) is 2.72. The van der Waals surface area contributed by atoms with Crippen LogP contribution >= 0.6 is 0 Å². The van der Waals surface area contributed by atoms with Gasteiger partial charge >= 0.3 is 18.0 Å². The zero-order valence-electron chi connectivity index (χ0n) is 13.2. The number of nitrogens with zero attached hydrogens (tertiary/aromatic N) is 1. The predicted octanol–water partition coefficient (Wildman–Crippen LogP) is 0.671. The van der Waals surface area contributed by atoms with Crippen LogP contribution < -0.4 is 0 Å². The van der Waals surface area contributed by atoms with Gasteiger partial charge in [0.2, 0.25) is 0 Å². The molecule has 1 rings (SSSR count). The van der Waals surface area contributed by atoms with E-state index in [1.54, 1.807) is 27.7 Å². The highest BCUT2D eigenvalue weighted by molar-refractivity contribution is 6.30. The summed E-state index contributed by atoms with van der Waals surface area (Å²) in [6.07, 6.45) is -1.75. The largest absolute Gasteiger partial charge is 0.458 e. The highest BCUT2D eigenvalue weighted by Crippen LogP contribution is 2.15. The van der Waals surface area contributed by atoms with Crippen LogP contribution in [0.25, 0.3) is 0 Å². The van der Waals surface area contributed by atoms with E-state index >= 15 is 0 Å². The molecule has 1 atom stereocenters. The number of amides is 1. The summed E-state index contributed by atoms with van der Waals surface area (Å²) in [5, 5.41) is 0. The topological polar surface area (TPSA) is 99.2 Å². The third kappa shape index (κ3) is 5.34. The van der Waals surface area contributed by atoms with Crippen LogP contribution in [-0.4, -0.2) is 60.1 Å². The van der Waals surface area contributed by atoms with Crippen LogP contribution in [0.3, 0.4) is 0 Å². The van der Waals surface area contributed by atoms with Crippen molar-refractivity contribution in [2.24, 2.45) is 0 Å². The SMILES string of the molecule is CCOC(=O)C(=O)OC1CN(C(=O)OC(C)(C)C)CCC1=O. The number of piperidine rings is 1. The van der Waals surface area contributed by atoms with Crippen molar-refractivity contribution >= 4 is 23.8 Å². The molecule has 0 spiro atoms. The van der Waals surface area contributed by atoms with Gasteiger partial charge in [-0.05, 0) is 27.7 Å². The van der Waals surface area contributed by atoms with Gasteiger partial charge in [0, 0.05) is 13.0 Å². The quantitative estimate of drug-likeness (QED) is 0.419. The Morgan fingerprint density at radius 2 is 1.86 bits per heavy atom. The fraction of sp³-hybridized carbons (Fsp3) is 0.714. The maximum atomic E-state index is 11.9. The molecule has 0 bridgehead atoms. The van der Waals surface area contributed by atoms with E-state index in [1.807, 2.05) is 0 Å². The Hall–Kier alpha value is -2.12. The van der Waals surface area contributed by atoms with Crippen LogP contribution in [0.4, 0.5) is 4.79 Å². The van der Waals surface area contributed by atoms with Gasteiger partial charge in [0.05, 0.1) is 13.2 Å². The summed E-state index contributed by atoms with van der Waals surface area (Å²) >= 11 is 0. The van der Waals surface area contributed by atoms with Gasteiger partial charge in [0.25, 0.3) is 0 Å². The lowest BCUT2D eigenvalue weighted by molar-refractivity contribution is -0.173. The van der Waals surface area contributed by atoms with Gasteiger partial charge in [-0.1, -0.05) is 0 Å². The predicted molar refractivity (Wildman–Crippen MR) is 73.9 cm³/mol. The molecule has 0 aromatic heterocycles. The molecule has 124 valence electrons. The molecular weight excluding hydrogens is 294 g/mol. The summed E-state index contributed by atoms with van der Waals surface area (Å²) < 4.78 is 14.5. The summed E-state index contributed by atoms with van der Waals surface area (Å²) in [5.74, 6) is -2.76. The molecule has 0 radical (unpaired) electrons. The maximum Gasteiger partial charge on any atom is 0.418 e. The summed E-state index contributed by atoms with van der Waals surface area (Å²) in [7, 11) is 0. The number of ketones is 1. The molecule has 1 aliphatic heterocycles. The Labute approximate surface area is 128 Å². The van der Waals surface area contributed by atoms with Crippen LogP contribution in [0.5, 0.6) is 0 Å². The van der Waals surface area contributed by atoms with E-state index in [9.17, 15) is 19.2 Å². The van der Waals surface area contributed by atoms with Crippen molar-refractivity contribution in [2.45, 2.75) is 45.8 Å². The van der Waals surface area contributed by atoms with Crippen LogP contribution in [0.1, 0.15) is 34.1 Å². The normalized spacial score (nSPS) is 18.6. The Morgan fingerprint density at radius 3 is 2.41 bits per heavy atom. The number of esters is 2. The van der Waals surface area contributed by atoms with Gasteiger partial charge in [0.1, 0.15) is 5.60 Å². The molecule has 0 aliphatic carbocycles. The molecule has 0 saturated carbocycles. The molecule has 22 heavy (non-hydrogen) atoms. The molecule has 1 aliphatic rings. The molecule has 1 heterocycles. The van der Waals surface area contributed by atoms with Crippen molar-refractivity contribution in [2.75, 3.05) is 19.7 Å². The Balaban J connectivity index is 2.64. The zero-order chi connectivity index (χ0) is 16.9. The van der Waals surface area contributed by atoms with Crippen LogP contribution in [-0.2, 0) is 28.6 Å². The standard InChI is InChI=1S/C14H21NO7/c1-5-20-11(17)12(18)21-10-8-15(7-6-9(10)16)13(19)22-14(2,3)4/h10H,5-8H2,1-4H3. The van der Waals surface area contributed by atoms with Crippen molar-refractivity contribution < 1.29 is 33.4 Å². The number of rotatable bonds is 2. The lowest BCUT2D eigenvalue weighted by atomic mass is 10.1. The second kappa shape index (κ2) is 7.24. The maximum absolute atomic E-state index is 11.9. The van der Waals surface area contributed by atoms with Gasteiger partial charge in [-0.25, -0.2) is 14.4 Å². The van der Waals surface area contributed by atoms with E-state index in [1.165, 1.54) is 4.90 Å². The minimum absolute atomic E-state index is 0.0244. The van der Waals surface area contributed by atoms with Gasteiger partial charge in [-0.3, -0.25) is 4.79 Å². The van der Waals surface area contributed by atoms with E-state index in [0.29, 0.717) is 0 Å². The summed E-state index contributed by atoms with van der Waals surface area (Å²) in [5.41, 5.74) is -0.671. The minimum atomic E-state index is -1.24. The first-order valence-corrected chi connectivity index (χ1v) is 7.02. The minimum Gasteiger partial charge on any atom is -0.458 e. The average Bonchev–Trinajstić information content (AvgIpc) is 2.39. The lowest BCUT2D eigenvalue weighted by Gasteiger charge is -2.32. The molecule has 1 saturated heterocycles. The molecule has 1 fully saturated rings. The van der Waals surface area contributed by atoms with E-state index in [4.69, 9.17) is 9.47 Å². The van der Waals surface area contributed by atoms with Crippen LogP contribution in [0, 0.1) is 0 Å². The molecule has 0 aromatic rings. The van der Waals surface area contributed by atoms with Crippen molar-refractivity contribution in [3.8, 4) is 0 Å². The lowest BCUT2D eigenvalue weighted by Crippen LogP contribution is -2.50. The van der Waals surface area contributed by atoms with E-state index < -0.39 is 29.7 Å². The second-order valence-corrected chi connectivity index (χ2v) is 5.76. The van der Waals surface area contributed by atoms with Crippen molar-refractivity contribution in [3.63, 3.8) is 0 Å². The summed E-state index contributed by atoms with van der Waals surface area (Å²) in [6.45, 7) is 6.77. The molecule has 8 heteroatoms. The number of ether oxygens (including phenoxy) is 3. The first-order valence-electron chi connectivity index (χ1n) is 7.02. The van der Waals surface area contributed by atoms with E-state index in [-0.39, 0.29) is 31.9 Å².